The lowest BCUT2D eigenvalue weighted by atomic mass is 10.1. The van der Waals surface area contributed by atoms with Gasteiger partial charge in [0.15, 0.2) is 0 Å². The van der Waals surface area contributed by atoms with Crippen molar-refractivity contribution in [3.05, 3.63) is 0 Å². The summed E-state index contributed by atoms with van der Waals surface area (Å²) < 4.78 is 0. The zero-order valence-corrected chi connectivity index (χ0v) is 9.21. The minimum Gasteiger partial charge on any atom is -0.318 e. The van der Waals surface area contributed by atoms with Gasteiger partial charge in [0.25, 0.3) is 0 Å². The van der Waals surface area contributed by atoms with Crippen molar-refractivity contribution in [1.82, 2.24) is 15.1 Å². The van der Waals surface area contributed by atoms with Crippen LogP contribution in [0.25, 0.3) is 0 Å². The van der Waals surface area contributed by atoms with Crippen molar-refractivity contribution in [2.75, 3.05) is 46.8 Å². The van der Waals surface area contributed by atoms with Crippen molar-refractivity contribution in [3.8, 4) is 0 Å². The van der Waals surface area contributed by atoms with Crippen molar-refractivity contribution in [3.63, 3.8) is 0 Å². The van der Waals surface area contributed by atoms with Crippen molar-refractivity contribution < 1.29 is 0 Å². The van der Waals surface area contributed by atoms with E-state index in [1.165, 1.54) is 32.6 Å². The molecule has 3 heteroatoms. The Labute approximate surface area is 82.1 Å². The molecule has 0 bridgehead atoms. The van der Waals surface area contributed by atoms with Gasteiger partial charge < -0.3 is 10.2 Å². The highest BCUT2D eigenvalue weighted by molar-refractivity contribution is 4.78. The Balaban J connectivity index is 2.27. The lowest BCUT2D eigenvalue weighted by Gasteiger charge is -2.39. The summed E-state index contributed by atoms with van der Waals surface area (Å²) in [7, 11) is 4.26. The van der Waals surface area contributed by atoms with Crippen LogP contribution in [0.15, 0.2) is 0 Å². The normalized spacial score (nSPS) is 26.5. The standard InChI is InChI=1S/C10H23N3/c1-4-10-9-13(6-5-11-2)8-7-12(10)3/h10-11H,4-9H2,1-3H3. The SMILES string of the molecule is CCC1CN(CCNC)CCN1C. The highest BCUT2D eigenvalue weighted by atomic mass is 15.3. The third kappa shape index (κ3) is 3.25. The van der Waals surface area contributed by atoms with E-state index in [-0.39, 0.29) is 0 Å². The van der Waals surface area contributed by atoms with Gasteiger partial charge in [-0.25, -0.2) is 0 Å². The average Bonchev–Trinajstić information content (AvgIpc) is 2.16. The second kappa shape index (κ2) is 5.58. The average molecular weight is 185 g/mol. The van der Waals surface area contributed by atoms with Crippen LogP contribution in [-0.4, -0.2) is 62.7 Å². The van der Waals surface area contributed by atoms with Crippen LogP contribution in [0.4, 0.5) is 0 Å². The summed E-state index contributed by atoms with van der Waals surface area (Å²) in [6, 6.07) is 0.769. The summed E-state index contributed by atoms with van der Waals surface area (Å²) in [6.07, 6.45) is 1.27. The molecule has 0 aliphatic carbocycles. The maximum absolute atomic E-state index is 3.20. The number of piperazine rings is 1. The molecule has 1 N–H and O–H groups in total. The van der Waals surface area contributed by atoms with E-state index in [1.54, 1.807) is 0 Å². The third-order valence-electron chi connectivity index (χ3n) is 3.01. The van der Waals surface area contributed by atoms with Gasteiger partial charge in [-0.3, -0.25) is 4.90 Å². The second-order valence-corrected chi connectivity index (χ2v) is 3.95. The molecule has 1 unspecified atom stereocenters. The molecule has 1 rings (SSSR count). The van der Waals surface area contributed by atoms with E-state index in [0.717, 1.165) is 12.6 Å². The van der Waals surface area contributed by atoms with E-state index in [2.05, 4.69) is 29.1 Å². The maximum atomic E-state index is 3.20. The van der Waals surface area contributed by atoms with Crippen LogP contribution >= 0.6 is 0 Å². The Morgan fingerprint density at radius 2 is 2.15 bits per heavy atom. The molecule has 0 aromatic rings. The van der Waals surface area contributed by atoms with E-state index in [0.29, 0.717) is 0 Å². The van der Waals surface area contributed by atoms with Crippen LogP contribution in [0.2, 0.25) is 0 Å². The molecular weight excluding hydrogens is 162 g/mol. The Morgan fingerprint density at radius 3 is 2.77 bits per heavy atom. The first kappa shape index (κ1) is 11.0. The molecule has 0 amide bonds. The zero-order chi connectivity index (χ0) is 9.68. The molecule has 1 saturated heterocycles. The molecule has 78 valence electrons. The molecule has 3 nitrogen and oxygen atoms in total. The summed E-state index contributed by atoms with van der Waals surface area (Å²) in [5, 5.41) is 3.20. The predicted molar refractivity (Wildman–Crippen MR) is 57.1 cm³/mol. The first-order valence-electron chi connectivity index (χ1n) is 5.35. The number of hydrogen-bond donors (Lipinski definition) is 1. The van der Waals surface area contributed by atoms with Gasteiger partial charge in [0.05, 0.1) is 0 Å². The number of nitrogens with zero attached hydrogens (tertiary/aromatic N) is 2. The first-order valence-corrected chi connectivity index (χ1v) is 5.35. The first-order chi connectivity index (χ1) is 6.27. The molecule has 0 aromatic carbocycles. The number of nitrogens with one attached hydrogen (secondary N) is 1. The molecule has 0 saturated carbocycles. The van der Waals surface area contributed by atoms with E-state index in [1.807, 2.05) is 7.05 Å². The van der Waals surface area contributed by atoms with Crippen molar-refractivity contribution in [2.45, 2.75) is 19.4 Å². The van der Waals surface area contributed by atoms with Crippen molar-refractivity contribution >= 4 is 0 Å². The van der Waals surface area contributed by atoms with Gasteiger partial charge in [0.2, 0.25) is 0 Å². The van der Waals surface area contributed by atoms with E-state index in [4.69, 9.17) is 0 Å². The molecule has 1 aliphatic heterocycles. The lowest BCUT2D eigenvalue weighted by molar-refractivity contribution is 0.0943. The lowest BCUT2D eigenvalue weighted by Crippen LogP contribution is -2.52. The Bertz CT molecular complexity index is 136. The summed E-state index contributed by atoms with van der Waals surface area (Å²) >= 11 is 0. The van der Waals surface area contributed by atoms with Crippen molar-refractivity contribution in [2.24, 2.45) is 0 Å². The fourth-order valence-corrected chi connectivity index (χ4v) is 1.92. The van der Waals surface area contributed by atoms with Gasteiger partial charge in [-0.05, 0) is 20.5 Å². The summed E-state index contributed by atoms with van der Waals surface area (Å²) in [5.41, 5.74) is 0. The van der Waals surface area contributed by atoms with Gasteiger partial charge in [0, 0.05) is 38.8 Å². The molecule has 1 atom stereocenters. The molecular formula is C10H23N3. The fourth-order valence-electron chi connectivity index (χ4n) is 1.92. The van der Waals surface area contributed by atoms with Crippen LogP contribution in [0, 0.1) is 0 Å². The molecule has 0 radical (unpaired) electrons. The summed E-state index contributed by atoms with van der Waals surface area (Å²) in [4.78, 5) is 5.04. The van der Waals surface area contributed by atoms with Gasteiger partial charge in [-0.2, -0.15) is 0 Å². The summed E-state index contributed by atoms with van der Waals surface area (Å²) in [6.45, 7) is 8.29. The molecule has 1 heterocycles. The van der Waals surface area contributed by atoms with Crippen LogP contribution in [-0.2, 0) is 0 Å². The van der Waals surface area contributed by atoms with E-state index < -0.39 is 0 Å². The Morgan fingerprint density at radius 1 is 1.38 bits per heavy atom. The zero-order valence-electron chi connectivity index (χ0n) is 9.21. The van der Waals surface area contributed by atoms with Gasteiger partial charge in [0.1, 0.15) is 0 Å². The molecule has 13 heavy (non-hydrogen) atoms. The van der Waals surface area contributed by atoms with Crippen LogP contribution in [0.1, 0.15) is 13.3 Å². The molecule has 1 fully saturated rings. The van der Waals surface area contributed by atoms with Crippen LogP contribution in [0.3, 0.4) is 0 Å². The van der Waals surface area contributed by atoms with E-state index in [9.17, 15) is 0 Å². The highest BCUT2D eigenvalue weighted by Gasteiger charge is 2.21. The smallest absolute Gasteiger partial charge is 0.0218 e. The third-order valence-corrected chi connectivity index (χ3v) is 3.01. The maximum Gasteiger partial charge on any atom is 0.0218 e. The minimum atomic E-state index is 0.769. The Hall–Kier alpha value is -0.120. The second-order valence-electron chi connectivity index (χ2n) is 3.95. The number of likely N-dealkylation sites (N-methyl/N-ethyl adjacent to an activating group) is 2. The quantitative estimate of drug-likeness (QED) is 0.676. The number of rotatable bonds is 4. The largest absolute Gasteiger partial charge is 0.318 e. The topological polar surface area (TPSA) is 18.5 Å². The van der Waals surface area contributed by atoms with Crippen LogP contribution in [0.5, 0.6) is 0 Å². The fraction of sp³-hybridized carbons (Fsp3) is 1.00. The number of hydrogen-bond acceptors (Lipinski definition) is 3. The molecule has 0 aromatic heterocycles. The van der Waals surface area contributed by atoms with Crippen LogP contribution < -0.4 is 5.32 Å². The van der Waals surface area contributed by atoms with Gasteiger partial charge in [-0.1, -0.05) is 6.92 Å². The predicted octanol–water partition coefficient (Wildman–Crippen LogP) is 0.232. The van der Waals surface area contributed by atoms with Gasteiger partial charge >= 0.3 is 0 Å². The van der Waals surface area contributed by atoms with E-state index >= 15 is 0 Å². The summed E-state index contributed by atoms with van der Waals surface area (Å²) in [5.74, 6) is 0. The van der Waals surface area contributed by atoms with Crippen molar-refractivity contribution in [1.29, 1.82) is 0 Å². The highest BCUT2D eigenvalue weighted by Crippen LogP contribution is 2.09. The molecule has 1 aliphatic rings. The Kier molecular flexibility index (Phi) is 4.70. The molecule has 0 spiro atoms. The monoisotopic (exact) mass is 185 g/mol. The minimum absolute atomic E-state index is 0.769. The van der Waals surface area contributed by atoms with Gasteiger partial charge in [-0.15, -0.1) is 0 Å².